The molecule has 0 aromatic heterocycles. The molecule has 0 amide bonds. The molecule has 0 radical (unpaired) electrons. The van der Waals surface area contributed by atoms with Crippen molar-refractivity contribution in [2.24, 2.45) is 0 Å². The molecule has 1 aromatic carbocycles. The summed E-state index contributed by atoms with van der Waals surface area (Å²) in [7, 11) is 0. The molecule has 8 heteroatoms. The number of carbonyl (C=O) groups excluding carboxylic acids is 2. The minimum Gasteiger partial charge on any atom is -0.389 e. The molecule has 1 saturated carbocycles. The van der Waals surface area contributed by atoms with Crippen LogP contribution in [-0.4, -0.2) is 98.8 Å². The topological polar surface area (TPSA) is 85.4 Å². The predicted molar refractivity (Wildman–Crippen MR) is 123 cm³/mol. The smallest absolute Gasteiger partial charge is 0.168 e. The molecule has 4 rings (SSSR count). The van der Waals surface area contributed by atoms with Gasteiger partial charge in [-0.05, 0) is 23.6 Å². The van der Waals surface area contributed by atoms with Crippen LogP contribution in [0, 0.1) is 0 Å². The van der Waals surface area contributed by atoms with Gasteiger partial charge in [0.05, 0.1) is 25.5 Å². The summed E-state index contributed by atoms with van der Waals surface area (Å²) < 4.78 is 5.41. The molecule has 32 heavy (non-hydrogen) atoms. The molecule has 2 saturated heterocycles. The molecule has 174 valence electrons. The predicted octanol–water partition coefficient (Wildman–Crippen LogP) is 0.580. The highest BCUT2D eigenvalue weighted by Crippen LogP contribution is 2.32. The van der Waals surface area contributed by atoms with Gasteiger partial charge in [0, 0.05) is 77.1 Å². The summed E-state index contributed by atoms with van der Waals surface area (Å²) in [5.74, 6) is -0.200. The average Bonchev–Trinajstić information content (AvgIpc) is 2.84. The van der Waals surface area contributed by atoms with Gasteiger partial charge >= 0.3 is 0 Å². The number of ketones is 2. The van der Waals surface area contributed by atoms with Crippen molar-refractivity contribution in [2.75, 3.05) is 77.2 Å². The number of aliphatic hydroxyl groups is 1. The van der Waals surface area contributed by atoms with Crippen molar-refractivity contribution in [2.45, 2.75) is 18.8 Å². The lowest BCUT2D eigenvalue weighted by Gasteiger charge is -2.33. The molecular weight excluding hydrogens is 408 g/mol. The zero-order valence-corrected chi connectivity index (χ0v) is 18.7. The minimum absolute atomic E-state index is 0.0475. The Balaban J connectivity index is 1.26. The highest BCUT2D eigenvalue weighted by Gasteiger charge is 2.31. The molecule has 0 atom stereocenters. The van der Waals surface area contributed by atoms with E-state index in [-0.39, 0.29) is 24.2 Å². The number of ether oxygens (including phenoxy) is 1. The molecule has 0 spiro atoms. The lowest BCUT2D eigenvalue weighted by molar-refractivity contribution is -0.124. The van der Waals surface area contributed by atoms with Gasteiger partial charge in [-0.2, -0.15) is 0 Å². The molecule has 2 heterocycles. The van der Waals surface area contributed by atoms with Gasteiger partial charge in [0.1, 0.15) is 0 Å². The van der Waals surface area contributed by atoms with Crippen molar-refractivity contribution in [3.8, 4) is 0 Å². The van der Waals surface area contributed by atoms with Crippen molar-refractivity contribution in [1.82, 2.24) is 15.1 Å². The molecule has 1 aliphatic carbocycles. The molecule has 2 aliphatic heterocycles. The molecule has 2 N–H and O–H groups in total. The van der Waals surface area contributed by atoms with Crippen LogP contribution in [0.5, 0.6) is 0 Å². The van der Waals surface area contributed by atoms with E-state index < -0.39 is 0 Å². The number of nitrogens with zero attached hydrogens (tertiary/aromatic N) is 3. The minimum atomic E-state index is -0.0763. The third kappa shape index (κ3) is 5.75. The number of anilines is 1. The van der Waals surface area contributed by atoms with Crippen molar-refractivity contribution >= 4 is 17.3 Å². The number of piperazine rings is 1. The van der Waals surface area contributed by atoms with E-state index in [1.165, 1.54) is 0 Å². The maximum absolute atomic E-state index is 12.7. The summed E-state index contributed by atoms with van der Waals surface area (Å²) in [6, 6.07) is 8.28. The molecule has 0 bridgehead atoms. The van der Waals surface area contributed by atoms with Gasteiger partial charge in [-0.15, -0.1) is 0 Å². The van der Waals surface area contributed by atoms with Crippen LogP contribution in [0.2, 0.25) is 0 Å². The Kier molecular flexibility index (Phi) is 7.91. The zero-order valence-electron chi connectivity index (χ0n) is 18.7. The van der Waals surface area contributed by atoms with Crippen molar-refractivity contribution in [1.29, 1.82) is 0 Å². The number of hydrogen-bond acceptors (Lipinski definition) is 8. The molecule has 1 aromatic rings. The second-order valence-corrected chi connectivity index (χ2v) is 8.76. The van der Waals surface area contributed by atoms with E-state index in [4.69, 9.17) is 9.84 Å². The summed E-state index contributed by atoms with van der Waals surface area (Å²) in [6.45, 7) is 8.49. The monoisotopic (exact) mass is 442 g/mol. The number of benzene rings is 1. The Hall–Kier alpha value is -2.26. The van der Waals surface area contributed by atoms with Gasteiger partial charge in [-0.25, -0.2) is 0 Å². The normalized spacial score (nSPS) is 23.5. The maximum Gasteiger partial charge on any atom is 0.168 e. The van der Waals surface area contributed by atoms with Crippen LogP contribution >= 0.6 is 0 Å². The Bertz CT molecular complexity index is 792. The van der Waals surface area contributed by atoms with Gasteiger partial charge in [-0.1, -0.05) is 12.1 Å². The lowest BCUT2D eigenvalue weighted by Crippen LogP contribution is -2.48. The maximum atomic E-state index is 12.7. The van der Waals surface area contributed by atoms with E-state index in [1.54, 1.807) is 6.20 Å². The van der Waals surface area contributed by atoms with E-state index in [0.717, 1.165) is 70.3 Å². The zero-order chi connectivity index (χ0) is 22.3. The Morgan fingerprint density at radius 1 is 0.938 bits per heavy atom. The number of morpholine rings is 1. The molecule has 3 aliphatic rings. The third-order valence-corrected chi connectivity index (χ3v) is 6.69. The van der Waals surface area contributed by atoms with Crippen LogP contribution < -0.4 is 10.2 Å². The lowest BCUT2D eigenvalue weighted by atomic mass is 9.80. The fraction of sp³-hybridized carbons (Fsp3) is 0.583. The van der Waals surface area contributed by atoms with Gasteiger partial charge in [0.15, 0.2) is 11.6 Å². The van der Waals surface area contributed by atoms with Gasteiger partial charge < -0.3 is 20.1 Å². The summed E-state index contributed by atoms with van der Waals surface area (Å²) in [6.07, 6.45) is 2.37. The van der Waals surface area contributed by atoms with Crippen molar-refractivity contribution in [3.05, 3.63) is 41.6 Å². The highest BCUT2D eigenvalue weighted by atomic mass is 16.5. The van der Waals surface area contributed by atoms with Crippen LogP contribution in [0.1, 0.15) is 24.3 Å². The standard InChI is InChI=1S/C24H34N4O4/c29-18-27-9-7-26(8-10-27)6-5-25-17-22-23(30)15-20(16-24(22)31)19-1-3-21(4-2-19)28-11-13-32-14-12-28/h1-4,17,20,25,29H,5-16,18H2. The number of nitrogens with one attached hydrogen (secondary N) is 1. The van der Waals surface area contributed by atoms with Crippen LogP contribution in [-0.2, 0) is 14.3 Å². The van der Waals surface area contributed by atoms with Crippen LogP contribution in [0.25, 0.3) is 0 Å². The van der Waals surface area contributed by atoms with Gasteiger partial charge in [0.25, 0.3) is 0 Å². The first kappa shape index (κ1) is 22.9. The Morgan fingerprint density at radius 3 is 2.19 bits per heavy atom. The van der Waals surface area contributed by atoms with Gasteiger partial charge in [0.2, 0.25) is 0 Å². The van der Waals surface area contributed by atoms with E-state index in [1.807, 2.05) is 4.90 Å². The number of Topliss-reactive ketones (excluding diaryl/α,β-unsaturated/α-hetero) is 2. The summed E-state index contributed by atoms with van der Waals surface area (Å²) in [5, 5.41) is 12.3. The second kappa shape index (κ2) is 11.0. The van der Waals surface area contributed by atoms with E-state index in [0.29, 0.717) is 25.0 Å². The van der Waals surface area contributed by atoms with Gasteiger partial charge in [-0.3, -0.25) is 19.4 Å². The Labute approximate surface area is 189 Å². The van der Waals surface area contributed by atoms with E-state index >= 15 is 0 Å². The molecular formula is C24H34N4O4. The largest absolute Gasteiger partial charge is 0.389 e. The van der Waals surface area contributed by atoms with Crippen LogP contribution in [0.3, 0.4) is 0 Å². The Morgan fingerprint density at radius 2 is 1.56 bits per heavy atom. The number of rotatable bonds is 7. The van der Waals surface area contributed by atoms with E-state index in [9.17, 15) is 9.59 Å². The number of allylic oxidation sites excluding steroid dienone is 1. The van der Waals surface area contributed by atoms with Crippen LogP contribution in [0.4, 0.5) is 5.69 Å². The first-order valence-corrected chi connectivity index (χ1v) is 11.6. The number of hydrogen-bond donors (Lipinski definition) is 2. The fourth-order valence-electron chi connectivity index (χ4n) is 4.62. The number of aliphatic hydroxyl groups excluding tert-OH is 1. The van der Waals surface area contributed by atoms with Crippen molar-refractivity contribution in [3.63, 3.8) is 0 Å². The van der Waals surface area contributed by atoms with Crippen LogP contribution in [0.15, 0.2) is 36.0 Å². The summed E-state index contributed by atoms with van der Waals surface area (Å²) in [5.41, 5.74) is 2.52. The number of carbonyl (C=O) groups is 2. The average molecular weight is 443 g/mol. The third-order valence-electron chi connectivity index (χ3n) is 6.69. The first-order chi connectivity index (χ1) is 15.6. The van der Waals surface area contributed by atoms with E-state index in [2.05, 4.69) is 39.4 Å². The quantitative estimate of drug-likeness (QED) is 0.360. The molecule has 0 unspecified atom stereocenters. The first-order valence-electron chi connectivity index (χ1n) is 11.6. The molecule has 3 fully saturated rings. The second-order valence-electron chi connectivity index (χ2n) is 8.76. The SMILES string of the molecule is O=C1CC(c2ccc(N3CCOCC3)cc2)CC(=O)C1=CNCCN1CCN(CO)CC1. The van der Waals surface area contributed by atoms with Crippen molar-refractivity contribution < 1.29 is 19.4 Å². The summed E-state index contributed by atoms with van der Waals surface area (Å²) in [4.78, 5) is 32.0. The highest BCUT2D eigenvalue weighted by molar-refractivity contribution is 6.22. The molecule has 8 nitrogen and oxygen atoms in total. The summed E-state index contributed by atoms with van der Waals surface area (Å²) >= 11 is 0. The fourth-order valence-corrected chi connectivity index (χ4v) is 4.62.